The van der Waals surface area contributed by atoms with Gasteiger partial charge in [0.05, 0.1) is 11.0 Å². The SMILES string of the molecule is CCC(NCCn1c(C)nc2ccccc21)C(=O)O. The number of fused-ring (bicyclic) bond motifs is 1. The van der Waals surface area contributed by atoms with Crippen LogP contribution in [-0.2, 0) is 11.3 Å². The van der Waals surface area contributed by atoms with Gasteiger partial charge in [-0.3, -0.25) is 4.79 Å². The zero-order valence-electron chi connectivity index (χ0n) is 11.3. The van der Waals surface area contributed by atoms with E-state index in [1.807, 2.05) is 38.1 Å². The smallest absolute Gasteiger partial charge is 0.320 e. The first-order chi connectivity index (χ1) is 9.13. The van der Waals surface area contributed by atoms with Crippen LogP contribution in [0, 0.1) is 6.92 Å². The van der Waals surface area contributed by atoms with E-state index in [0.717, 1.165) is 23.4 Å². The molecule has 2 rings (SSSR count). The van der Waals surface area contributed by atoms with Gasteiger partial charge in [0.2, 0.25) is 0 Å². The number of rotatable bonds is 6. The van der Waals surface area contributed by atoms with Crippen LogP contribution in [-0.4, -0.2) is 33.2 Å². The number of benzene rings is 1. The highest BCUT2D eigenvalue weighted by Crippen LogP contribution is 2.14. The van der Waals surface area contributed by atoms with E-state index < -0.39 is 12.0 Å². The fourth-order valence-electron chi connectivity index (χ4n) is 2.24. The third kappa shape index (κ3) is 2.93. The number of carboxylic acid groups (broad SMARTS) is 1. The molecule has 1 atom stereocenters. The molecule has 2 N–H and O–H groups in total. The van der Waals surface area contributed by atoms with Gasteiger partial charge in [0.15, 0.2) is 0 Å². The molecule has 5 heteroatoms. The van der Waals surface area contributed by atoms with Gasteiger partial charge in [-0.2, -0.15) is 0 Å². The van der Waals surface area contributed by atoms with Crippen LogP contribution in [0.4, 0.5) is 0 Å². The molecule has 1 heterocycles. The minimum absolute atomic E-state index is 0.477. The Bertz CT molecular complexity index is 577. The molecule has 0 aliphatic rings. The van der Waals surface area contributed by atoms with Gasteiger partial charge in [0.25, 0.3) is 0 Å². The first-order valence-electron chi connectivity index (χ1n) is 6.51. The number of carbonyl (C=O) groups is 1. The normalized spacial score (nSPS) is 12.7. The second-order valence-electron chi connectivity index (χ2n) is 4.55. The van der Waals surface area contributed by atoms with Gasteiger partial charge >= 0.3 is 5.97 Å². The molecule has 0 bridgehead atoms. The van der Waals surface area contributed by atoms with Crippen molar-refractivity contribution < 1.29 is 9.90 Å². The molecule has 0 fully saturated rings. The summed E-state index contributed by atoms with van der Waals surface area (Å²) in [5, 5.41) is 12.0. The Hall–Kier alpha value is -1.88. The van der Waals surface area contributed by atoms with Crippen molar-refractivity contribution in [1.29, 1.82) is 0 Å². The third-order valence-electron chi connectivity index (χ3n) is 3.28. The molecule has 0 aliphatic heterocycles. The van der Waals surface area contributed by atoms with Gasteiger partial charge in [0, 0.05) is 13.1 Å². The van der Waals surface area contributed by atoms with Crippen molar-refractivity contribution in [2.24, 2.45) is 0 Å². The largest absolute Gasteiger partial charge is 0.480 e. The summed E-state index contributed by atoms with van der Waals surface area (Å²) in [6, 6.07) is 7.49. The summed E-state index contributed by atoms with van der Waals surface area (Å²) in [5.41, 5.74) is 2.07. The van der Waals surface area contributed by atoms with Crippen molar-refractivity contribution in [3.05, 3.63) is 30.1 Å². The maximum Gasteiger partial charge on any atom is 0.320 e. The molecule has 5 nitrogen and oxygen atoms in total. The maximum atomic E-state index is 10.9. The third-order valence-corrected chi connectivity index (χ3v) is 3.28. The fraction of sp³-hybridized carbons (Fsp3) is 0.429. The number of para-hydroxylation sites is 2. The molecule has 0 saturated carbocycles. The number of hydrogen-bond acceptors (Lipinski definition) is 3. The Morgan fingerprint density at radius 3 is 2.89 bits per heavy atom. The first-order valence-corrected chi connectivity index (χ1v) is 6.51. The molecule has 0 spiro atoms. The molecule has 0 saturated heterocycles. The number of aliphatic carboxylic acids is 1. The van der Waals surface area contributed by atoms with Crippen LogP contribution in [0.25, 0.3) is 11.0 Å². The summed E-state index contributed by atoms with van der Waals surface area (Å²) in [5.74, 6) is 0.154. The molecule has 0 amide bonds. The summed E-state index contributed by atoms with van der Waals surface area (Å²) in [4.78, 5) is 15.4. The molecule has 2 aromatic rings. The van der Waals surface area contributed by atoms with E-state index in [0.29, 0.717) is 13.0 Å². The quantitative estimate of drug-likeness (QED) is 0.832. The highest BCUT2D eigenvalue weighted by Gasteiger charge is 2.14. The van der Waals surface area contributed by atoms with E-state index in [2.05, 4.69) is 14.9 Å². The average Bonchev–Trinajstić information content (AvgIpc) is 2.70. The Kier molecular flexibility index (Phi) is 4.16. The van der Waals surface area contributed by atoms with E-state index in [4.69, 9.17) is 5.11 Å². The molecule has 1 aromatic heterocycles. The van der Waals surface area contributed by atoms with E-state index >= 15 is 0 Å². The van der Waals surface area contributed by atoms with Gasteiger partial charge < -0.3 is 15.0 Å². The van der Waals surface area contributed by atoms with Crippen LogP contribution in [0.5, 0.6) is 0 Å². The standard InChI is InChI=1S/C14H19N3O2/c1-3-11(14(18)19)15-8-9-17-10(2)16-12-6-4-5-7-13(12)17/h4-7,11,15H,3,8-9H2,1-2H3,(H,18,19). The Labute approximate surface area is 112 Å². The molecule has 19 heavy (non-hydrogen) atoms. The molecule has 0 aliphatic carbocycles. The average molecular weight is 261 g/mol. The van der Waals surface area contributed by atoms with Gasteiger partial charge in [-0.15, -0.1) is 0 Å². The molecular weight excluding hydrogens is 242 g/mol. The molecule has 0 radical (unpaired) electrons. The summed E-state index contributed by atoms with van der Waals surface area (Å²) < 4.78 is 2.11. The van der Waals surface area contributed by atoms with E-state index in [-0.39, 0.29) is 0 Å². The van der Waals surface area contributed by atoms with Gasteiger partial charge in [-0.25, -0.2) is 4.98 Å². The van der Waals surface area contributed by atoms with Crippen LogP contribution in [0.15, 0.2) is 24.3 Å². The van der Waals surface area contributed by atoms with Crippen molar-refractivity contribution in [1.82, 2.24) is 14.9 Å². The fourth-order valence-corrected chi connectivity index (χ4v) is 2.24. The van der Waals surface area contributed by atoms with Crippen molar-refractivity contribution in [2.45, 2.75) is 32.9 Å². The Morgan fingerprint density at radius 1 is 1.47 bits per heavy atom. The van der Waals surface area contributed by atoms with Crippen LogP contribution in [0.3, 0.4) is 0 Å². The number of nitrogens with one attached hydrogen (secondary N) is 1. The zero-order chi connectivity index (χ0) is 13.8. The second kappa shape index (κ2) is 5.84. The Balaban J connectivity index is 2.06. The van der Waals surface area contributed by atoms with Crippen molar-refractivity contribution in [3.8, 4) is 0 Å². The van der Waals surface area contributed by atoms with Crippen LogP contribution in [0.1, 0.15) is 19.2 Å². The lowest BCUT2D eigenvalue weighted by molar-refractivity contribution is -0.139. The number of aryl methyl sites for hydroxylation is 1. The number of hydrogen-bond donors (Lipinski definition) is 2. The summed E-state index contributed by atoms with van der Waals surface area (Å²) >= 11 is 0. The van der Waals surface area contributed by atoms with Crippen molar-refractivity contribution in [3.63, 3.8) is 0 Å². The topological polar surface area (TPSA) is 67.2 Å². The maximum absolute atomic E-state index is 10.9. The monoisotopic (exact) mass is 261 g/mol. The Morgan fingerprint density at radius 2 is 2.21 bits per heavy atom. The van der Waals surface area contributed by atoms with Crippen molar-refractivity contribution in [2.75, 3.05) is 6.54 Å². The van der Waals surface area contributed by atoms with Crippen LogP contribution < -0.4 is 5.32 Å². The molecular formula is C14H19N3O2. The highest BCUT2D eigenvalue weighted by molar-refractivity contribution is 5.75. The number of aromatic nitrogens is 2. The summed E-state index contributed by atoms with van der Waals surface area (Å²) in [6.45, 7) is 5.17. The van der Waals surface area contributed by atoms with Gasteiger partial charge in [-0.05, 0) is 25.5 Å². The van der Waals surface area contributed by atoms with Gasteiger partial charge in [-0.1, -0.05) is 19.1 Å². The number of imidazole rings is 1. The van der Waals surface area contributed by atoms with Crippen molar-refractivity contribution >= 4 is 17.0 Å². The predicted octanol–water partition coefficient (Wildman–Crippen LogP) is 1.80. The lowest BCUT2D eigenvalue weighted by Gasteiger charge is -2.13. The molecule has 102 valence electrons. The minimum Gasteiger partial charge on any atom is -0.480 e. The molecule has 1 aromatic carbocycles. The lowest BCUT2D eigenvalue weighted by atomic mass is 10.2. The lowest BCUT2D eigenvalue weighted by Crippen LogP contribution is -2.37. The zero-order valence-corrected chi connectivity index (χ0v) is 11.3. The van der Waals surface area contributed by atoms with E-state index in [9.17, 15) is 4.79 Å². The summed E-state index contributed by atoms with van der Waals surface area (Å²) in [6.07, 6.45) is 0.582. The second-order valence-corrected chi connectivity index (χ2v) is 4.55. The van der Waals surface area contributed by atoms with E-state index in [1.165, 1.54) is 0 Å². The van der Waals surface area contributed by atoms with Gasteiger partial charge in [0.1, 0.15) is 11.9 Å². The van der Waals surface area contributed by atoms with Crippen LogP contribution in [0.2, 0.25) is 0 Å². The molecule has 1 unspecified atom stereocenters. The summed E-state index contributed by atoms with van der Waals surface area (Å²) in [7, 11) is 0. The highest BCUT2D eigenvalue weighted by atomic mass is 16.4. The number of nitrogens with zero attached hydrogens (tertiary/aromatic N) is 2. The first kappa shape index (κ1) is 13.5. The van der Waals surface area contributed by atoms with Crippen LogP contribution >= 0.6 is 0 Å². The predicted molar refractivity (Wildman–Crippen MR) is 74.2 cm³/mol. The minimum atomic E-state index is -0.797. The van der Waals surface area contributed by atoms with E-state index in [1.54, 1.807) is 0 Å². The number of carboxylic acids is 1.